The first-order valence-electron chi connectivity index (χ1n) is 12.8. The SMILES string of the molecule is C[C@@H]1CN(c2cccc(-c3ccc4cnc(CNC(=O)c5cccc(S(=O)(=O)CC#N)c5)cc4n3)n2)C[C@H](C)O1. The zero-order valence-electron chi connectivity index (χ0n) is 22.1. The summed E-state index contributed by atoms with van der Waals surface area (Å²) in [5.74, 6) is -0.228. The Morgan fingerprint density at radius 2 is 1.80 bits per heavy atom. The van der Waals surface area contributed by atoms with Crippen LogP contribution < -0.4 is 10.2 Å². The highest BCUT2D eigenvalue weighted by Crippen LogP contribution is 2.24. The highest BCUT2D eigenvalue weighted by molar-refractivity contribution is 7.91. The number of nitrogens with zero attached hydrogens (tertiary/aromatic N) is 5. The molecular formula is C29H28N6O4S. The molecule has 0 saturated carbocycles. The lowest BCUT2D eigenvalue weighted by atomic mass is 10.1. The zero-order chi connectivity index (χ0) is 28.3. The third kappa shape index (κ3) is 6.09. The Balaban J connectivity index is 1.32. The van der Waals surface area contributed by atoms with Crippen molar-refractivity contribution < 1.29 is 17.9 Å². The van der Waals surface area contributed by atoms with Gasteiger partial charge in [-0.3, -0.25) is 9.78 Å². The van der Waals surface area contributed by atoms with Gasteiger partial charge in [-0.15, -0.1) is 0 Å². The molecule has 3 aromatic heterocycles. The summed E-state index contributed by atoms with van der Waals surface area (Å²) in [7, 11) is -3.77. The normalized spacial score (nSPS) is 17.4. The summed E-state index contributed by atoms with van der Waals surface area (Å²) in [6, 6.07) is 18.8. The third-order valence-corrected chi connectivity index (χ3v) is 7.99. The van der Waals surface area contributed by atoms with Crippen LogP contribution in [0.4, 0.5) is 5.82 Å². The van der Waals surface area contributed by atoms with Crippen LogP contribution in [0.3, 0.4) is 0 Å². The summed E-state index contributed by atoms with van der Waals surface area (Å²) in [6.07, 6.45) is 1.95. The van der Waals surface area contributed by atoms with Crippen molar-refractivity contribution in [2.45, 2.75) is 37.5 Å². The molecule has 0 spiro atoms. The summed E-state index contributed by atoms with van der Waals surface area (Å²) >= 11 is 0. The fourth-order valence-corrected chi connectivity index (χ4v) is 5.61. The smallest absolute Gasteiger partial charge is 0.251 e. The van der Waals surface area contributed by atoms with Crippen molar-refractivity contribution in [2.24, 2.45) is 0 Å². The molecule has 4 aromatic rings. The Morgan fingerprint density at radius 3 is 2.58 bits per heavy atom. The van der Waals surface area contributed by atoms with E-state index in [1.807, 2.05) is 36.4 Å². The van der Waals surface area contributed by atoms with Crippen LogP contribution in [0.5, 0.6) is 0 Å². The minimum atomic E-state index is -3.77. The van der Waals surface area contributed by atoms with E-state index < -0.39 is 21.5 Å². The van der Waals surface area contributed by atoms with Crippen LogP contribution in [0.15, 0.2) is 71.8 Å². The summed E-state index contributed by atoms with van der Waals surface area (Å²) in [5, 5.41) is 12.4. The van der Waals surface area contributed by atoms with E-state index in [4.69, 9.17) is 20.0 Å². The van der Waals surface area contributed by atoms with Gasteiger partial charge in [0.25, 0.3) is 5.91 Å². The third-order valence-electron chi connectivity index (χ3n) is 6.51. The predicted molar refractivity (Wildman–Crippen MR) is 150 cm³/mol. The topological polar surface area (TPSA) is 138 Å². The van der Waals surface area contributed by atoms with Crippen LogP contribution in [0.25, 0.3) is 22.3 Å². The Kier molecular flexibility index (Phi) is 7.73. The second-order valence-corrected chi connectivity index (χ2v) is 11.7. The number of fused-ring (bicyclic) bond motifs is 1. The van der Waals surface area contributed by atoms with E-state index in [9.17, 15) is 13.2 Å². The molecule has 204 valence electrons. The second-order valence-electron chi connectivity index (χ2n) is 9.74. The molecule has 0 bridgehead atoms. The molecule has 1 aromatic carbocycles. The van der Waals surface area contributed by atoms with Crippen molar-refractivity contribution in [3.8, 4) is 17.5 Å². The lowest BCUT2D eigenvalue weighted by Crippen LogP contribution is -2.45. The summed E-state index contributed by atoms with van der Waals surface area (Å²) in [4.78, 5) is 29.0. The molecule has 4 heterocycles. The van der Waals surface area contributed by atoms with Crippen molar-refractivity contribution in [3.05, 3.63) is 78.1 Å². The average Bonchev–Trinajstić information content (AvgIpc) is 2.95. The average molecular weight is 557 g/mol. The number of carbonyl (C=O) groups excluding carboxylic acids is 1. The number of rotatable bonds is 7. The summed E-state index contributed by atoms with van der Waals surface area (Å²) < 4.78 is 30.2. The van der Waals surface area contributed by atoms with E-state index in [1.54, 1.807) is 12.3 Å². The highest BCUT2D eigenvalue weighted by atomic mass is 32.2. The molecule has 1 aliphatic heterocycles. The Labute approximate surface area is 232 Å². The van der Waals surface area contributed by atoms with Gasteiger partial charge in [-0.1, -0.05) is 12.1 Å². The van der Waals surface area contributed by atoms with Crippen molar-refractivity contribution >= 4 is 32.5 Å². The molecular weight excluding hydrogens is 528 g/mol. The lowest BCUT2D eigenvalue weighted by Gasteiger charge is -2.36. The van der Waals surface area contributed by atoms with Gasteiger partial charge in [0, 0.05) is 30.2 Å². The maximum Gasteiger partial charge on any atom is 0.251 e. The van der Waals surface area contributed by atoms with Crippen molar-refractivity contribution in [2.75, 3.05) is 23.7 Å². The number of nitriles is 1. The van der Waals surface area contributed by atoms with E-state index in [1.165, 1.54) is 24.3 Å². The maximum absolute atomic E-state index is 12.7. The minimum Gasteiger partial charge on any atom is -0.372 e. The second kappa shape index (κ2) is 11.4. The van der Waals surface area contributed by atoms with Gasteiger partial charge in [-0.25, -0.2) is 18.4 Å². The van der Waals surface area contributed by atoms with Gasteiger partial charge >= 0.3 is 0 Å². The standard InChI is InChI=1S/C29H28N6O4S/c1-19-17-35(18-20(2)39-19)28-8-4-7-25(34-28)26-10-9-22-15-31-23(14-27(22)33-26)16-32-29(36)21-5-3-6-24(13-21)40(37,38)12-11-30/h3-10,13-15,19-20H,12,16-18H2,1-2H3,(H,32,36)/t19-,20+. The molecule has 5 rings (SSSR count). The number of anilines is 1. The predicted octanol–water partition coefficient (Wildman–Crippen LogP) is 3.53. The molecule has 40 heavy (non-hydrogen) atoms. The summed E-state index contributed by atoms with van der Waals surface area (Å²) in [5.41, 5.74) is 2.96. The number of pyridine rings is 3. The van der Waals surface area contributed by atoms with Crippen LogP contribution in [0, 0.1) is 11.3 Å². The van der Waals surface area contributed by atoms with Crippen molar-refractivity contribution in [1.29, 1.82) is 5.26 Å². The van der Waals surface area contributed by atoms with E-state index in [0.717, 1.165) is 35.7 Å². The van der Waals surface area contributed by atoms with E-state index >= 15 is 0 Å². The van der Waals surface area contributed by atoms with Gasteiger partial charge in [-0.05, 0) is 62.4 Å². The monoisotopic (exact) mass is 556 g/mol. The fourth-order valence-electron chi connectivity index (χ4n) is 4.68. The van der Waals surface area contributed by atoms with E-state index in [2.05, 4.69) is 29.0 Å². The number of nitrogens with one attached hydrogen (secondary N) is 1. The van der Waals surface area contributed by atoms with Gasteiger partial charge in [0.2, 0.25) is 0 Å². The number of aromatic nitrogens is 3. The van der Waals surface area contributed by atoms with Gasteiger partial charge in [0.15, 0.2) is 9.84 Å². The molecule has 0 unspecified atom stereocenters. The zero-order valence-corrected chi connectivity index (χ0v) is 22.9. The number of hydrogen-bond donors (Lipinski definition) is 1. The molecule has 0 aliphatic carbocycles. The van der Waals surface area contributed by atoms with Crippen LogP contribution in [0.1, 0.15) is 29.9 Å². The van der Waals surface area contributed by atoms with Gasteiger partial charge in [-0.2, -0.15) is 5.26 Å². The Hall–Kier alpha value is -4.40. The summed E-state index contributed by atoms with van der Waals surface area (Å²) in [6.45, 7) is 5.78. The molecule has 1 N–H and O–H groups in total. The molecule has 11 heteroatoms. The molecule has 1 saturated heterocycles. The highest BCUT2D eigenvalue weighted by Gasteiger charge is 2.23. The molecule has 2 atom stereocenters. The Morgan fingerprint density at radius 1 is 1.05 bits per heavy atom. The minimum absolute atomic E-state index is 0.0717. The van der Waals surface area contributed by atoms with Gasteiger partial charge in [0.1, 0.15) is 11.6 Å². The van der Waals surface area contributed by atoms with Crippen LogP contribution in [-0.2, 0) is 21.1 Å². The largest absolute Gasteiger partial charge is 0.372 e. The number of hydrogen-bond acceptors (Lipinski definition) is 9. The number of ether oxygens (including phenoxy) is 1. The number of carbonyl (C=O) groups is 1. The maximum atomic E-state index is 12.7. The molecule has 1 aliphatic rings. The van der Waals surface area contributed by atoms with Gasteiger partial charge in [0.05, 0.1) is 52.3 Å². The fraction of sp³-hybridized carbons (Fsp3) is 0.276. The molecule has 0 radical (unpaired) electrons. The number of morpholine rings is 1. The van der Waals surface area contributed by atoms with E-state index in [-0.39, 0.29) is 29.2 Å². The van der Waals surface area contributed by atoms with Crippen LogP contribution in [0.2, 0.25) is 0 Å². The first-order chi connectivity index (χ1) is 19.2. The first kappa shape index (κ1) is 27.2. The molecule has 1 fully saturated rings. The van der Waals surface area contributed by atoms with Crippen molar-refractivity contribution in [3.63, 3.8) is 0 Å². The lowest BCUT2D eigenvalue weighted by molar-refractivity contribution is -0.00545. The van der Waals surface area contributed by atoms with Crippen LogP contribution >= 0.6 is 0 Å². The van der Waals surface area contributed by atoms with E-state index in [0.29, 0.717) is 11.2 Å². The number of benzene rings is 1. The Bertz CT molecular complexity index is 1710. The quantitative estimate of drug-likeness (QED) is 0.362. The number of sulfone groups is 1. The van der Waals surface area contributed by atoms with Gasteiger partial charge < -0.3 is 15.0 Å². The van der Waals surface area contributed by atoms with Crippen LogP contribution in [-0.4, -0.2) is 60.3 Å². The molecule has 1 amide bonds. The first-order valence-corrected chi connectivity index (χ1v) is 14.5. The van der Waals surface area contributed by atoms with Crippen molar-refractivity contribution in [1.82, 2.24) is 20.3 Å². The molecule has 10 nitrogen and oxygen atoms in total. The number of amides is 1.